The molecule has 2 heterocycles. The molecular formula is C19H31IN4. The zero-order valence-electron chi connectivity index (χ0n) is 14.8. The summed E-state index contributed by atoms with van der Waals surface area (Å²) in [7, 11) is 0. The lowest BCUT2D eigenvalue weighted by Gasteiger charge is -2.22. The molecule has 0 aromatic heterocycles. The molecule has 0 spiro atoms. The number of anilines is 1. The van der Waals surface area contributed by atoms with Gasteiger partial charge in [0, 0.05) is 25.3 Å². The molecule has 1 fully saturated rings. The predicted molar refractivity (Wildman–Crippen MR) is 114 cm³/mol. The molecule has 0 atom stereocenters. The molecule has 2 aliphatic rings. The van der Waals surface area contributed by atoms with Crippen molar-refractivity contribution in [2.45, 2.75) is 39.0 Å². The molecule has 1 N–H and O–H groups in total. The van der Waals surface area contributed by atoms with Gasteiger partial charge in [-0.1, -0.05) is 18.2 Å². The fraction of sp³-hybridized carbons (Fsp3) is 0.632. The largest absolute Gasteiger partial charge is 0.356 e. The third-order valence-electron chi connectivity index (χ3n) is 4.82. The summed E-state index contributed by atoms with van der Waals surface area (Å²) in [6.45, 7) is 8.88. The van der Waals surface area contributed by atoms with E-state index in [1.54, 1.807) is 0 Å². The molecule has 24 heavy (non-hydrogen) atoms. The predicted octanol–water partition coefficient (Wildman–Crippen LogP) is 3.51. The molecule has 3 rings (SSSR count). The number of fused-ring (bicyclic) bond motifs is 1. The van der Waals surface area contributed by atoms with Crippen molar-refractivity contribution in [3.63, 3.8) is 0 Å². The molecule has 5 heteroatoms. The number of unbranched alkanes of at least 4 members (excludes halogenated alkanes) is 1. The van der Waals surface area contributed by atoms with Crippen molar-refractivity contribution in [3.05, 3.63) is 29.8 Å². The van der Waals surface area contributed by atoms with E-state index in [2.05, 4.69) is 46.3 Å². The molecule has 4 nitrogen and oxygen atoms in total. The number of guanidine groups is 1. The number of para-hydroxylation sites is 1. The van der Waals surface area contributed by atoms with Gasteiger partial charge in [-0.05, 0) is 70.3 Å². The minimum atomic E-state index is 0. The Bertz CT molecular complexity index is 526. The van der Waals surface area contributed by atoms with E-state index >= 15 is 0 Å². The number of halogens is 1. The maximum Gasteiger partial charge on any atom is 0.198 e. The summed E-state index contributed by atoms with van der Waals surface area (Å²) in [4.78, 5) is 9.81. The van der Waals surface area contributed by atoms with Crippen LogP contribution in [0.4, 0.5) is 5.69 Å². The second-order valence-corrected chi connectivity index (χ2v) is 6.52. The van der Waals surface area contributed by atoms with Crippen molar-refractivity contribution in [3.8, 4) is 0 Å². The summed E-state index contributed by atoms with van der Waals surface area (Å²) in [5, 5.41) is 3.46. The van der Waals surface area contributed by atoms with Crippen LogP contribution in [-0.4, -0.2) is 50.1 Å². The molecular weight excluding hydrogens is 411 g/mol. The normalized spacial score (nSPS) is 17.7. The highest BCUT2D eigenvalue weighted by atomic mass is 127. The van der Waals surface area contributed by atoms with Crippen molar-refractivity contribution >= 4 is 35.6 Å². The van der Waals surface area contributed by atoms with Crippen LogP contribution in [0.2, 0.25) is 0 Å². The number of rotatable bonds is 6. The third-order valence-corrected chi connectivity index (χ3v) is 4.82. The molecule has 0 radical (unpaired) electrons. The molecule has 134 valence electrons. The Morgan fingerprint density at radius 3 is 2.71 bits per heavy atom. The summed E-state index contributed by atoms with van der Waals surface area (Å²) >= 11 is 0. The first-order valence-corrected chi connectivity index (χ1v) is 9.24. The van der Waals surface area contributed by atoms with Gasteiger partial charge in [-0.25, -0.2) is 0 Å². The maximum absolute atomic E-state index is 4.87. The average molecular weight is 442 g/mol. The molecule has 0 aliphatic carbocycles. The quantitative estimate of drug-likeness (QED) is 0.317. The van der Waals surface area contributed by atoms with E-state index in [4.69, 9.17) is 4.99 Å². The van der Waals surface area contributed by atoms with E-state index in [9.17, 15) is 0 Å². The maximum atomic E-state index is 4.87. The van der Waals surface area contributed by atoms with Crippen molar-refractivity contribution < 1.29 is 0 Å². The Morgan fingerprint density at radius 1 is 1.12 bits per heavy atom. The average Bonchev–Trinajstić information content (AvgIpc) is 3.23. The van der Waals surface area contributed by atoms with Gasteiger partial charge in [-0.2, -0.15) is 0 Å². The van der Waals surface area contributed by atoms with Crippen molar-refractivity contribution in [1.82, 2.24) is 10.2 Å². The van der Waals surface area contributed by atoms with Gasteiger partial charge in [0.05, 0.1) is 0 Å². The smallest absolute Gasteiger partial charge is 0.198 e. The molecule has 0 amide bonds. The van der Waals surface area contributed by atoms with Crippen LogP contribution in [0.25, 0.3) is 0 Å². The lowest BCUT2D eigenvalue weighted by atomic mass is 10.2. The minimum absolute atomic E-state index is 0. The van der Waals surface area contributed by atoms with E-state index in [1.165, 1.54) is 56.6 Å². The highest BCUT2D eigenvalue weighted by Crippen LogP contribution is 2.27. The van der Waals surface area contributed by atoms with Gasteiger partial charge in [-0.15, -0.1) is 24.0 Å². The van der Waals surface area contributed by atoms with E-state index in [-0.39, 0.29) is 24.0 Å². The van der Waals surface area contributed by atoms with Gasteiger partial charge in [0.1, 0.15) is 0 Å². The monoisotopic (exact) mass is 442 g/mol. The van der Waals surface area contributed by atoms with E-state index in [0.29, 0.717) is 0 Å². The summed E-state index contributed by atoms with van der Waals surface area (Å²) in [6, 6.07) is 8.69. The standard InChI is InChI=1S/C19H30N4.HI/c1-2-20-19(21-12-5-6-13-22-14-7-8-15-22)23-16-11-17-9-3-4-10-18(17)23;/h3-4,9-10H,2,5-8,11-16H2,1H3,(H,20,21);1H. The van der Waals surface area contributed by atoms with Crippen molar-refractivity contribution in [2.24, 2.45) is 4.99 Å². The molecule has 1 aromatic rings. The third kappa shape index (κ3) is 5.09. The summed E-state index contributed by atoms with van der Waals surface area (Å²) < 4.78 is 0. The Kier molecular flexibility index (Phi) is 8.32. The molecule has 0 bridgehead atoms. The number of benzene rings is 1. The van der Waals surface area contributed by atoms with E-state index in [0.717, 1.165) is 32.0 Å². The first kappa shape index (κ1) is 19.5. The Balaban J connectivity index is 0.00000208. The number of likely N-dealkylation sites (tertiary alicyclic amines) is 1. The topological polar surface area (TPSA) is 30.9 Å². The lowest BCUT2D eigenvalue weighted by molar-refractivity contribution is 0.331. The van der Waals surface area contributed by atoms with E-state index < -0.39 is 0 Å². The Labute approximate surface area is 163 Å². The number of nitrogens with one attached hydrogen (secondary N) is 1. The fourth-order valence-electron chi connectivity index (χ4n) is 3.59. The molecule has 0 saturated carbocycles. The van der Waals surface area contributed by atoms with Crippen LogP contribution in [0, 0.1) is 0 Å². The number of nitrogens with zero attached hydrogens (tertiary/aromatic N) is 3. The fourth-order valence-corrected chi connectivity index (χ4v) is 3.59. The van der Waals surface area contributed by atoms with Crippen LogP contribution < -0.4 is 10.2 Å². The Hall–Kier alpha value is -0.820. The lowest BCUT2D eigenvalue weighted by Crippen LogP contribution is -2.40. The van der Waals surface area contributed by atoms with Crippen LogP contribution in [0.15, 0.2) is 29.3 Å². The van der Waals surface area contributed by atoms with Gasteiger partial charge < -0.3 is 15.1 Å². The van der Waals surface area contributed by atoms with Gasteiger partial charge >= 0.3 is 0 Å². The van der Waals surface area contributed by atoms with Gasteiger partial charge in [0.2, 0.25) is 0 Å². The summed E-state index contributed by atoms with van der Waals surface area (Å²) in [5.74, 6) is 1.05. The second-order valence-electron chi connectivity index (χ2n) is 6.52. The van der Waals surface area contributed by atoms with Gasteiger partial charge in [-0.3, -0.25) is 4.99 Å². The number of hydrogen-bond acceptors (Lipinski definition) is 2. The van der Waals surface area contributed by atoms with Crippen LogP contribution >= 0.6 is 24.0 Å². The van der Waals surface area contributed by atoms with E-state index in [1.807, 2.05) is 0 Å². The van der Waals surface area contributed by atoms with Crippen molar-refractivity contribution in [2.75, 3.05) is 44.2 Å². The first-order valence-electron chi connectivity index (χ1n) is 9.24. The zero-order valence-corrected chi connectivity index (χ0v) is 17.2. The number of hydrogen-bond donors (Lipinski definition) is 1. The highest BCUT2D eigenvalue weighted by molar-refractivity contribution is 14.0. The minimum Gasteiger partial charge on any atom is -0.356 e. The second kappa shape index (κ2) is 10.2. The van der Waals surface area contributed by atoms with Gasteiger partial charge in [0.25, 0.3) is 0 Å². The van der Waals surface area contributed by atoms with Crippen molar-refractivity contribution in [1.29, 1.82) is 0 Å². The SMILES string of the molecule is CCNC(=NCCCCN1CCCC1)N1CCc2ccccc21.I. The summed E-state index contributed by atoms with van der Waals surface area (Å²) in [5.41, 5.74) is 2.76. The summed E-state index contributed by atoms with van der Waals surface area (Å²) in [6.07, 6.45) is 6.34. The molecule has 2 aliphatic heterocycles. The molecule has 1 aromatic carbocycles. The Morgan fingerprint density at radius 2 is 1.92 bits per heavy atom. The highest BCUT2D eigenvalue weighted by Gasteiger charge is 2.22. The first-order chi connectivity index (χ1) is 11.4. The van der Waals surface area contributed by atoms with Gasteiger partial charge in [0.15, 0.2) is 5.96 Å². The van der Waals surface area contributed by atoms with Crippen LogP contribution in [0.3, 0.4) is 0 Å². The number of aliphatic imine (C=N–C) groups is 1. The van der Waals surface area contributed by atoms with Crippen LogP contribution in [-0.2, 0) is 6.42 Å². The van der Waals surface area contributed by atoms with Crippen LogP contribution in [0.5, 0.6) is 0 Å². The van der Waals surface area contributed by atoms with Crippen LogP contribution in [0.1, 0.15) is 38.2 Å². The zero-order chi connectivity index (χ0) is 15.9. The molecule has 1 saturated heterocycles. The molecule has 0 unspecified atom stereocenters.